The lowest BCUT2D eigenvalue weighted by Crippen LogP contribution is -2.34. The lowest BCUT2D eigenvalue weighted by Gasteiger charge is -2.27. The molecule has 1 fully saturated rings. The average molecular weight is 232 g/mol. The number of halogens is 1. The summed E-state index contributed by atoms with van der Waals surface area (Å²) in [7, 11) is 0. The number of hydrogen-bond acceptors (Lipinski definition) is 1. The second-order valence-corrected chi connectivity index (χ2v) is 5.06. The van der Waals surface area contributed by atoms with Crippen LogP contribution in [-0.2, 0) is 0 Å². The third kappa shape index (κ3) is 2.60. The highest BCUT2D eigenvalue weighted by molar-refractivity contribution is 9.11. The molecule has 0 spiro atoms. The van der Waals surface area contributed by atoms with Gasteiger partial charge in [0.1, 0.15) is 0 Å². The lowest BCUT2D eigenvalue weighted by atomic mass is 10.0. The van der Waals surface area contributed by atoms with Gasteiger partial charge in [-0.3, -0.25) is 4.90 Å². The number of hydrogen-bond donors (Lipinski definition) is 0. The number of rotatable bonds is 3. The molecule has 1 unspecified atom stereocenters. The van der Waals surface area contributed by atoms with E-state index < -0.39 is 0 Å². The average Bonchev–Trinajstić information content (AvgIpc) is 2.33. The Kier molecular flexibility index (Phi) is 3.78. The van der Waals surface area contributed by atoms with Crippen molar-refractivity contribution >= 4 is 15.9 Å². The minimum absolute atomic E-state index is 0.777. The van der Waals surface area contributed by atoms with Crippen LogP contribution in [0, 0.1) is 5.92 Å². The number of likely N-dealkylation sites (tertiary alicyclic amines) is 1. The van der Waals surface area contributed by atoms with Gasteiger partial charge in [0.05, 0.1) is 0 Å². The van der Waals surface area contributed by atoms with E-state index in [1.165, 1.54) is 19.4 Å². The monoisotopic (exact) mass is 231 g/mol. The Bertz CT molecular complexity index is 165. The van der Waals surface area contributed by atoms with Gasteiger partial charge in [0.2, 0.25) is 0 Å². The zero-order valence-corrected chi connectivity index (χ0v) is 9.60. The molecule has 2 heteroatoms. The van der Waals surface area contributed by atoms with Crippen LogP contribution < -0.4 is 0 Å². The predicted molar refractivity (Wildman–Crippen MR) is 57.5 cm³/mol. The standard InChI is InChI=1S/C10H18BrN/c1-8(2)10-5-4-6-12(10)7-9(3)11/h8,10H,3-7H2,1-2H3. The maximum atomic E-state index is 3.89. The summed E-state index contributed by atoms with van der Waals surface area (Å²) in [6.45, 7) is 10.8. The highest BCUT2D eigenvalue weighted by Crippen LogP contribution is 2.24. The van der Waals surface area contributed by atoms with Gasteiger partial charge in [0.25, 0.3) is 0 Å². The van der Waals surface area contributed by atoms with Gasteiger partial charge in [-0.25, -0.2) is 0 Å². The van der Waals surface area contributed by atoms with Crippen molar-refractivity contribution in [3.8, 4) is 0 Å². The van der Waals surface area contributed by atoms with E-state index in [9.17, 15) is 0 Å². The van der Waals surface area contributed by atoms with Crippen LogP contribution in [0.4, 0.5) is 0 Å². The van der Waals surface area contributed by atoms with Gasteiger partial charge in [-0.15, -0.1) is 0 Å². The van der Waals surface area contributed by atoms with Crippen LogP contribution in [0.1, 0.15) is 26.7 Å². The summed E-state index contributed by atoms with van der Waals surface area (Å²) in [5.41, 5.74) is 0. The van der Waals surface area contributed by atoms with Gasteiger partial charge in [0, 0.05) is 17.1 Å². The Labute approximate surface area is 84.0 Å². The predicted octanol–water partition coefficient (Wildman–Crippen LogP) is 3.02. The third-order valence-corrected chi connectivity index (χ3v) is 2.81. The first kappa shape index (κ1) is 10.3. The van der Waals surface area contributed by atoms with E-state index in [4.69, 9.17) is 0 Å². The van der Waals surface area contributed by atoms with Crippen molar-refractivity contribution in [1.82, 2.24) is 4.90 Å². The second kappa shape index (κ2) is 4.43. The summed E-state index contributed by atoms with van der Waals surface area (Å²) in [5, 5.41) is 0. The van der Waals surface area contributed by atoms with Crippen LogP contribution in [0.25, 0.3) is 0 Å². The first-order chi connectivity index (χ1) is 5.61. The van der Waals surface area contributed by atoms with Crippen LogP contribution in [0.5, 0.6) is 0 Å². The first-order valence-corrected chi connectivity index (χ1v) is 5.48. The van der Waals surface area contributed by atoms with E-state index in [1.54, 1.807) is 0 Å². The maximum absolute atomic E-state index is 3.89. The summed E-state index contributed by atoms with van der Waals surface area (Å²) in [5.74, 6) is 0.777. The zero-order chi connectivity index (χ0) is 9.14. The van der Waals surface area contributed by atoms with Crippen molar-refractivity contribution in [1.29, 1.82) is 0 Å². The fourth-order valence-corrected chi connectivity index (χ4v) is 2.35. The van der Waals surface area contributed by atoms with Gasteiger partial charge in [-0.1, -0.05) is 36.4 Å². The Morgan fingerprint density at radius 2 is 2.33 bits per heavy atom. The fourth-order valence-electron chi connectivity index (χ4n) is 2.02. The largest absolute Gasteiger partial charge is 0.295 e. The highest BCUT2D eigenvalue weighted by Gasteiger charge is 2.26. The van der Waals surface area contributed by atoms with Crippen LogP contribution in [0.3, 0.4) is 0 Å². The molecule has 0 aromatic heterocycles. The quantitative estimate of drug-likeness (QED) is 0.723. The van der Waals surface area contributed by atoms with E-state index in [0.29, 0.717) is 0 Å². The van der Waals surface area contributed by atoms with E-state index in [0.717, 1.165) is 23.0 Å². The van der Waals surface area contributed by atoms with Gasteiger partial charge in [-0.05, 0) is 25.3 Å². The van der Waals surface area contributed by atoms with Gasteiger partial charge >= 0.3 is 0 Å². The molecule has 1 atom stereocenters. The molecule has 0 aromatic rings. The third-order valence-electron chi connectivity index (χ3n) is 2.56. The van der Waals surface area contributed by atoms with Crippen molar-refractivity contribution in [2.45, 2.75) is 32.7 Å². The Hall–Kier alpha value is 0.180. The molecule has 70 valence electrons. The molecule has 1 saturated heterocycles. The summed E-state index contributed by atoms with van der Waals surface area (Å²) in [6.07, 6.45) is 2.71. The second-order valence-electron chi connectivity index (χ2n) is 3.94. The first-order valence-electron chi connectivity index (χ1n) is 4.68. The molecule has 0 saturated carbocycles. The van der Waals surface area contributed by atoms with Crippen LogP contribution >= 0.6 is 15.9 Å². The van der Waals surface area contributed by atoms with Crippen LogP contribution in [0.2, 0.25) is 0 Å². The molecule has 0 amide bonds. The van der Waals surface area contributed by atoms with Gasteiger partial charge < -0.3 is 0 Å². The molecular weight excluding hydrogens is 214 g/mol. The summed E-state index contributed by atoms with van der Waals surface area (Å²) < 4.78 is 1.11. The van der Waals surface area contributed by atoms with Crippen molar-refractivity contribution in [3.05, 3.63) is 11.1 Å². The molecule has 0 N–H and O–H groups in total. The van der Waals surface area contributed by atoms with E-state index in [1.807, 2.05) is 0 Å². The molecule has 1 heterocycles. The Morgan fingerprint density at radius 3 is 2.83 bits per heavy atom. The molecule has 1 nitrogen and oxygen atoms in total. The summed E-state index contributed by atoms with van der Waals surface area (Å²) in [4.78, 5) is 2.53. The zero-order valence-electron chi connectivity index (χ0n) is 8.02. The van der Waals surface area contributed by atoms with Crippen molar-refractivity contribution in [2.75, 3.05) is 13.1 Å². The van der Waals surface area contributed by atoms with Crippen LogP contribution in [-0.4, -0.2) is 24.0 Å². The molecule has 0 bridgehead atoms. The van der Waals surface area contributed by atoms with Crippen molar-refractivity contribution in [3.63, 3.8) is 0 Å². The summed E-state index contributed by atoms with van der Waals surface area (Å²) in [6, 6.07) is 0.777. The smallest absolute Gasteiger partial charge is 0.0296 e. The Morgan fingerprint density at radius 1 is 1.67 bits per heavy atom. The fraction of sp³-hybridized carbons (Fsp3) is 0.800. The lowest BCUT2D eigenvalue weighted by molar-refractivity contribution is 0.226. The molecule has 1 aliphatic rings. The minimum atomic E-state index is 0.777. The Balaban J connectivity index is 2.46. The highest BCUT2D eigenvalue weighted by atomic mass is 79.9. The van der Waals surface area contributed by atoms with Gasteiger partial charge in [-0.2, -0.15) is 0 Å². The van der Waals surface area contributed by atoms with Crippen molar-refractivity contribution < 1.29 is 0 Å². The molecule has 0 aliphatic carbocycles. The molecule has 0 radical (unpaired) electrons. The summed E-state index contributed by atoms with van der Waals surface area (Å²) >= 11 is 3.42. The normalized spacial score (nSPS) is 25.2. The minimum Gasteiger partial charge on any atom is -0.295 e. The van der Waals surface area contributed by atoms with E-state index >= 15 is 0 Å². The van der Waals surface area contributed by atoms with Crippen molar-refractivity contribution in [2.24, 2.45) is 5.92 Å². The van der Waals surface area contributed by atoms with E-state index in [-0.39, 0.29) is 0 Å². The van der Waals surface area contributed by atoms with Crippen LogP contribution in [0.15, 0.2) is 11.1 Å². The number of nitrogens with zero attached hydrogens (tertiary/aromatic N) is 1. The molecule has 12 heavy (non-hydrogen) atoms. The van der Waals surface area contributed by atoms with E-state index in [2.05, 4.69) is 41.3 Å². The molecular formula is C10H18BrN. The van der Waals surface area contributed by atoms with Gasteiger partial charge in [0.15, 0.2) is 0 Å². The molecule has 1 rings (SSSR count). The molecule has 1 aliphatic heterocycles. The molecule has 0 aromatic carbocycles. The topological polar surface area (TPSA) is 3.24 Å². The maximum Gasteiger partial charge on any atom is 0.0296 e. The SMILES string of the molecule is C=C(Br)CN1CCCC1C(C)C.